The first kappa shape index (κ1) is 15.7. The third-order valence-electron chi connectivity index (χ3n) is 4.01. The molecule has 0 spiro atoms. The molecule has 1 N–H and O–H groups in total. The SMILES string of the molecule is O=C1S[C@@H](Nc2cccc3ccccc23)C(=O)N1c1ccc(F)cc1. The van der Waals surface area contributed by atoms with Gasteiger partial charge in [0.15, 0.2) is 5.37 Å². The lowest BCUT2D eigenvalue weighted by Crippen LogP contribution is -2.34. The van der Waals surface area contributed by atoms with Crippen LogP contribution in [0.2, 0.25) is 0 Å². The summed E-state index contributed by atoms with van der Waals surface area (Å²) in [6.07, 6.45) is 0. The molecular formula is C19H13FN2O2S. The van der Waals surface area contributed by atoms with Gasteiger partial charge in [0.05, 0.1) is 5.69 Å². The van der Waals surface area contributed by atoms with Crippen LogP contribution in [0.4, 0.5) is 20.6 Å². The molecule has 1 atom stereocenters. The number of anilines is 2. The Morgan fingerprint density at radius 3 is 2.44 bits per heavy atom. The standard InChI is InChI=1S/C19H13FN2O2S/c20-13-8-10-14(11-9-13)22-18(23)17(25-19(22)24)21-16-7-3-5-12-4-1-2-6-15(12)16/h1-11,17,21H/t17-/m1/s1. The predicted octanol–water partition coefficient (Wildman–Crippen LogP) is 4.62. The summed E-state index contributed by atoms with van der Waals surface area (Å²) >= 11 is 0.917. The summed E-state index contributed by atoms with van der Waals surface area (Å²) in [6, 6.07) is 18.9. The number of hydrogen-bond donors (Lipinski definition) is 1. The molecule has 3 aromatic rings. The Bertz CT molecular complexity index is 969. The van der Waals surface area contributed by atoms with Gasteiger partial charge < -0.3 is 5.32 Å². The van der Waals surface area contributed by atoms with Gasteiger partial charge in [-0.25, -0.2) is 9.29 Å². The van der Waals surface area contributed by atoms with Crippen molar-refractivity contribution in [1.82, 2.24) is 0 Å². The Balaban J connectivity index is 1.63. The highest BCUT2D eigenvalue weighted by Crippen LogP contribution is 2.34. The van der Waals surface area contributed by atoms with Gasteiger partial charge in [-0.15, -0.1) is 0 Å². The van der Waals surface area contributed by atoms with E-state index in [9.17, 15) is 14.0 Å². The second kappa shape index (κ2) is 6.22. The third kappa shape index (κ3) is 2.85. The number of fused-ring (bicyclic) bond motifs is 1. The van der Waals surface area contributed by atoms with Gasteiger partial charge in [-0.1, -0.05) is 36.4 Å². The van der Waals surface area contributed by atoms with Crippen LogP contribution in [-0.2, 0) is 4.79 Å². The molecule has 2 amide bonds. The molecule has 1 saturated heterocycles. The number of amides is 2. The minimum absolute atomic E-state index is 0.366. The normalized spacial score (nSPS) is 17.3. The molecule has 1 heterocycles. The zero-order valence-electron chi connectivity index (χ0n) is 13.0. The Morgan fingerprint density at radius 2 is 1.64 bits per heavy atom. The summed E-state index contributed by atoms with van der Waals surface area (Å²) in [7, 11) is 0. The first-order chi connectivity index (χ1) is 12.1. The van der Waals surface area contributed by atoms with E-state index < -0.39 is 11.2 Å². The fraction of sp³-hybridized carbons (Fsp3) is 0.0526. The average Bonchev–Trinajstić information content (AvgIpc) is 2.90. The van der Waals surface area contributed by atoms with Crippen molar-refractivity contribution in [2.75, 3.05) is 10.2 Å². The molecule has 1 fully saturated rings. The quantitative estimate of drug-likeness (QED) is 0.747. The molecule has 1 aliphatic rings. The molecule has 0 aliphatic carbocycles. The maximum atomic E-state index is 13.1. The highest BCUT2D eigenvalue weighted by molar-refractivity contribution is 8.16. The van der Waals surface area contributed by atoms with E-state index in [4.69, 9.17) is 0 Å². The van der Waals surface area contributed by atoms with Crippen LogP contribution in [0.1, 0.15) is 0 Å². The lowest BCUT2D eigenvalue weighted by Gasteiger charge is -2.16. The summed E-state index contributed by atoms with van der Waals surface area (Å²) in [5, 5.41) is 4.08. The van der Waals surface area contributed by atoms with E-state index >= 15 is 0 Å². The van der Waals surface area contributed by atoms with Crippen molar-refractivity contribution in [2.45, 2.75) is 5.37 Å². The lowest BCUT2D eigenvalue weighted by atomic mass is 10.1. The molecule has 0 radical (unpaired) electrons. The van der Waals surface area contributed by atoms with Crippen LogP contribution in [-0.4, -0.2) is 16.5 Å². The monoisotopic (exact) mass is 352 g/mol. The first-order valence-electron chi connectivity index (χ1n) is 7.68. The molecular weight excluding hydrogens is 339 g/mol. The van der Waals surface area contributed by atoms with E-state index in [1.165, 1.54) is 24.3 Å². The fourth-order valence-corrected chi connectivity index (χ4v) is 3.71. The van der Waals surface area contributed by atoms with Crippen LogP contribution in [0.25, 0.3) is 10.8 Å². The maximum absolute atomic E-state index is 13.1. The van der Waals surface area contributed by atoms with E-state index in [1.54, 1.807) is 0 Å². The van der Waals surface area contributed by atoms with Crippen molar-refractivity contribution < 1.29 is 14.0 Å². The van der Waals surface area contributed by atoms with Gasteiger partial charge in [0.2, 0.25) is 0 Å². The average molecular weight is 352 g/mol. The summed E-state index contributed by atoms with van der Waals surface area (Å²) < 4.78 is 13.1. The Labute approximate surface area is 147 Å². The van der Waals surface area contributed by atoms with Crippen molar-refractivity contribution in [2.24, 2.45) is 0 Å². The largest absolute Gasteiger partial charge is 0.365 e. The van der Waals surface area contributed by atoms with Crippen molar-refractivity contribution in [1.29, 1.82) is 0 Å². The highest BCUT2D eigenvalue weighted by atomic mass is 32.2. The summed E-state index contributed by atoms with van der Waals surface area (Å²) in [6.45, 7) is 0. The molecule has 4 nitrogen and oxygen atoms in total. The number of thioether (sulfide) groups is 1. The number of hydrogen-bond acceptors (Lipinski definition) is 4. The molecule has 6 heteroatoms. The number of nitrogens with zero attached hydrogens (tertiary/aromatic N) is 1. The minimum Gasteiger partial charge on any atom is -0.365 e. The van der Waals surface area contributed by atoms with Gasteiger partial charge in [-0.3, -0.25) is 9.59 Å². The van der Waals surface area contributed by atoms with Gasteiger partial charge in [-0.2, -0.15) is 0 Å². The van der Waals surface area contributed by atoms with Crippen LogP contribution in [0, 0.1) is 5.82 Å². The van der Waals surface area contributed by atoms with Crippen LogP contribution in [0.15, 0.2) is 66.7 Å². The number of halogens is 1. The fourth-order valence-electron chi connectivity index (χ4n) is 2.82. The van der Waals surface area contributed by atoms with Gasteiger partial charge >= 0.3 is 0 Å². The summed E-state index contributed by atoms with van der Waals surface area (Å²) in [5.74, 6) is -0.782. The molecule has 0 bridgehead atoms. The van der Waals surface area contributed by atoms with E-state index in [0.29, 0.717) is 5.69 Å². The molecule has 4 rings (SSSR count). The number of imide groups is 1. The zero-order chi connectivity index (χ0) is 17.4. The van der Waals surface area contributed by atoms with E-state index in [0.717, 1.165) is 33.1 Å². The molecule has 25 heavy (non-hydrogen) atoms. The summed E-state index contributed by atoms with van der Waals surface area (Å²) in [5.41, 5.74) is 1.16. The van der Waals surface area contributed by atoms with Crippen molar-refractivity contribution in [3.8, 4) is 0 Å². The Kier molecular flexibility index (Phi) is 3.89. The smallest absolute Gasteiger partial charge is 0.295 e. The molecule has 0 saturated carbocycles. The maximum Gasteiger partial charge on any atom is 0.295 e. The van der Waals surface area contributed by atoms with Gasteiger partial charge in [0.1, 0.15) is 5.82 Å². The zero-order valence-corrected chi connectivity index (χ0v) is 13.8. The van der Waals surface area contributed by atoms with Crippen molar-refractivity contribution in [3.63, 3.8) is 0 Å². The lowest BCUT2D eigenvalue weighted by molar-refractivity contribution is -0.116. The first-order valence-corrected chi connectivity index (χ1v) is 8.56. The van der Waals surface area contributed by atoms with Crippen LogP contribution in [0.3, 0.4) is 0 Å². The minimum atomic E-state index is -0.719. The molecule has 124 valence electrons. The number of nitrogens with one attached hydrogen (secondary N) is 1. The molecule has 1 aliphatic heterocycles. The Hall–Kier alpha value is -2.86. The summed E-state index contributed by atoms with van der Waals surface area (Å²) in [4.78, 5) is 26.0. The number of carbonyl (C=O) groups excluding carboxylic acids is 2. The van der Waals surface area contributed by atoms with E-state index in [-0.39, 0.29) is 11.1 Å². The molecule has 0 aromatic heterocycles. The van der Waals surface area contributed by atoms with E-state index in [1.807, 2.05) is 42.5 Å². The van der Waals surface area contributed by atoms with Crippen molar-refractivity contribution in [3.05, 3.63) is 72.5 Å². The predicted molar refractivity (Wildman–Crippen MR) is 98.2 cm³/mol. The number of carbonyl (C=O) groups is 2. The third-order valence-corrected chi connectivity index (χ3v) is 4.95. The molecule has 0 unspecified atom stereocenters. The topological polar surface area (TPSA) is 49.4 Å². The number of benzene rings is 3. The van der Waals surface area contributed by atoms with Gasteiger partial charge in [0.25, 0.3) is 11.1 Å². The highest BCUT2D eigenvalue weighted by Gasteiger charge is 2.40. The van der Waals surface area contributed by atoms with E-state index in [2.05, 4.69) is 5.32 Å². The molecule has 3 aromatic carbocycles. The second-order valence-corrected chi connectivity index (χ2v) is 6.64. The Morgan fingerprint density at radius 1 is 0.920 bits per heavy atom. The van der Waals surface area contributed by atoms with Gasteiger partial charge in [-0.05, 0) is 47.5 Å². The van der Waals surface area contributed by atoms with Crippen LogP contribution >= 0.6 is 11.8 Å². The van der Waals surface area contributed by atoms with Crippen LogP contribution in [0.5, 0.6) is 0 Å². The second-order valence-electron chi connectivity index (χ2n) is 5.58. The van der Waals surface area contributed by atoms with Crippen LogP contribution < -0.4 is 10.2 Å². The van der Waals surface area contributed by atoms with Crippen molar-refractivity contribution >= 4 is 45.1 Å². The number of rotatable bonds is 3. The van der Waals surface area contributed by atoms with Gasteiger partial charge in [0, 0.05) is 11.1 Å².